The molecule has 0 aliphatic carbocycles. The number of carbonyl (C=O) groups is 2. The highest BCUT2D eigenvalue weighted by Crippen LogP contribution is 2.26. The molecule has 0 saturated carbocycles. The second-order valence-electron chi connectivity index (χ2n) is 5.48. The van der Waals surface area contributed by atoms with E-state index in [9.17, 15) is 9.59 Å². The van der Waals surface area contributed by atoms with Gasteiger partial charge in [0.05, 0.1) is 12.8 Å². The van der Waals surface area contributed by atoms with Crippen LogP contribution in [0.3, 0.4) is 0 Å². The summed E-state index contributed by atoms with van der Waals surface area (Å²) < 4.78 is 5.13. The largest absolute Gasteiger partial charge is 0.497 e. The third-order valence-corrected chi connectivity index (χ3v) is 4.32. The molecule has 3 aromatic rings. The van der Waals surface area contributed by atoms with E-state index in [1.54, 1.807) is 31.4 Å². The number of benzene rings is 2. The molecule has 1 heterocycles. The molecule has 0 aliphatic heterocycles. The number of thiazole rings is 1. The van der Waals surface area contributed by atoms with E-state index < -0.39 is 0 Å². The molecule has 0 spiro atoms. The van der Waals surface area contributed by atoms with Gasteiger partial charge in [0, 0.05) is 29.1 Å². The lowest BCUT2D eigenvalue weighted by atomic mass is 10.1. The minimum atomic E-state index is -0.245. The van der Waals surface area contributed by atoms with Crippen LogP contribution >= 0.6 is 11.3 Å². The van der Waals surface area contributed by atoms with Crippen molar-refractivity contribution in [3.63, 3.8) is 0 Å². The lowest BCUT2D eigenvalue weighted by Crippen LogP contribution is -2.11. The van der Waals surface area contributed by atoms with Crippen LogP contribution in [0.25, 0.3) is 11.3 Å². The molecular formula is C19H17N3O3S. The molecule has 0 radical (unpaired) electrons. The molecular weight excluding hydrogens is 350 g/mol. The van der Waals surface area contributed by atoms with Crippen LogP contribution in [0.5, 0.6) is 5.75 Å². The molecule has 3 rings (SSSR count). The van der Waals surface area contributed by atoms with Crippen LogP contribution in [0.15, 0.2) is 53.9 Å². The number of amides is 2. The Morgan fingerprint density at radius 2 is 1.85 bits per heavy atom. The Labute approximate surface area is 154 Å². The molecule has 0 aliphatic rings. The van der Waals surface area contributed by atoms with E-state index in [4.69, 9.17) is 4.74 Å². The van der Waals surface area contributed by atoms with Crippen LogP contribution in [0, 0.1) is 0 Å². The highest BCUT2D eigenvalue weighted by atomic mass is 32.1. The van der Waals surface area contributed by atoms with E-state index in [1.165, 1.54) is 18.3 Å². The van der Waals surface area contributed by atoms with Gasteiger partial charge in [0.2, 0.25) is 5.91 Å². The predicted molar refractivity (Wildman–Crippen MR) is 103 cm³/mol. The van der Waals surface area contributed by atoms with Gasteiger partial charge in [-0.25, -0.2) is 4.98 Å². The van der Waals surface area contributed by atoms with Crippen LogP contribution < -0.4 is 15.4 Å². The van der Waals surface area contributed by atoms with Crippen LogP contribution in [-0.4, -0.2) is 23.9 Å². The third-order valence-electron chi connectivity index (χ3n) is 3.56. The Hall–Kier alpha value is -3.19. The summed E-state index contributed by atoms with van der Waals surface area (Å²) in [5.74, 6) is 0.261. The van der Waals surface area contributed by atoms with Gasteiger partial charge < -0.3 is 10.1 Å². The molecule has 26 heavy (non-hydrogen) atoms. The number of ether oxygens (including phenoxy) is 1. The minimum Gasteiger partial charge on any atom is -0.497 e. The van der Waals surface area contributed by atoms with Gasteiger partial charge in [0.25, 0.3) is 5.91 Å². The highest BCUT2D eigenvalue weighted by molar-refractivity contribution is 7.14. The Bertz CT molecular complexity index is 935. The van der Waals surface area contributed by atoms with Gasteiger partial charge in [-0.05, 0) is 30.3 Å². The summed E-state index contributed by atoms with van der Waals surface area (Å²) >= 11 is 1.35. The molecule has 7 heteroatoms. The Morgan fingerprint density at radius 1 is 1.08 bits per heavy atom. The molecule has 0 atom stereocenters. The average Bonchev–Trinajstić information content (AvgIpc) is 3.10. The minimum absolute atomic E-state index is 0.117. The van der Waals surface area contributed by atoms with Gasteiger partial charge >= 0.3 is 0 Å². The zero-order valence-corrected chi connectivity index (χ0v) is 15.1. The highest BCUT2D eigenvalue weighted by Gasteiger charge is 2.11. The molecule has 0 bridgehead atoms. The van der Waals surface area contributed by atoms with Crippen LogP contribution in [0.1, 0.15) is 17.3 Å². The van der Waals surface area contributed by atoms with E-state index in [0.29, 0.717) is 16.4 Å². The number of rotatable bonds is 5. The lowest BCUT2D eigenvalue weighted by Gasteiger charge is -2.04. The SMILES string of the molecule is COc1cccc(C(=O)Nc2nc(-c3ccc(NC(C)=O)cc3)cs2)c1. The summed E-state index contributed by atoms with van der Waals surface area (Å²) in [6.45, 7) is 1.46. The third kappa shape index (κ3) is 4.25. The van der Waals surface area contributed by atoms with Crippen molar-refractivity contribution in [1.82, 2.24) is 4.98 Å². The quantitative estimate of drug-likeness (QED) is 0.713. The summed E-state index contributed by atoms with van der Waals surface area (Å²) in [6.07, 6.45) is 0. The molecule has 2 aromatic carbocycles. The van der Waals surface area contributed by atoms with Crippen molar-refractivity contribution in [3.05, 3.63) is 59.5 Å². The molecule has 0 unspecified atom stereocenters. The summed E-state index contributed by atoms with van der Waals surface area (Å²) in [5, 5.41) is 7.89. The van der Waals surface area contributed by atoms with Crippen molar-refractivity contribution in [2.24, 2.45) is 0 Å². The maximum absolute atomic E-state index is 12.3. The fourth-order valence-corrected chi connectivity index (χ4v) is 3.04. The van der Waals surface area contributed by atoms with E-state index in [1.807, 2.05) is 29.6 Å². The monoisotopic (exact) mass is 367 g/mol. The predicted octanol–water partition coefficient (Wildman–Crippen LogP) is 4.03. The number of methoxy groups -OCH3 is 1. The summed E-state index contributed by atoms with van der Waals surface area (Å²) in [5.41, 5.74) is 2.88. The van der Waals surface area contributed by atoms with Gasteiger partial charge in [-0.1, -0.05) is 18.2 Å². The Balaban J connectivity index is 1.71. The standard InChI is InChI=1S/C19H17N3O3S/c1-12(23)20-15-8-6-13(7-9-15)17-11-26-19(21-17)22-18(24)14-4-3-5-16(10-14)25-2/h3-11H,1-2H3,(H,20,23)(H,21,22,24). The second-order valence-corrected chi connectivity index (χ2v) is 6.34. The zero-order valence-electron chi connectivity index (χ0n) is 14.3. The fraction of sp³-hybridized carbons (Fsp3) is 0.105. The van der Waals surface area contributed by atoms with Gasteiger partial charge in [-0.15, -0.1) is 11.3 Å². The molecule has 2 N–H and O–H groups in total. The number of nitrogens with zero attached hydrogens (tertiary/aromatic N) is 1. The van der Waals surface area contributed by atoms with Crippen LogP contribution in [-0.2, 0) is 4.79 Å². The zero-order chi connectivity index (χ0) is 18.5. The summed E-state index contributed by atoms with van der Waals surface area (Å²) in [4.78, 5) is 27.8. The Morgan fingerprint density at radius 3 is 2.54 bits per heavy atom. The van der Waals surface area contributed by atoms with Gasteiger partial charge in [-0.2, -0.15) is 0 Å². The van der Waals surface area contributed by atoms with Crippen LogP contribution in [0.4, 0.5) is 10.8 Å². The van der Waals surface area contributed by atoms with Crippen LogP contribution in [0.2, 0.25) is 0 Å². The number of anilines is 2. The van der Waals surface area contributed by atoms with Crippen molar-refractivity contribution in [3.8, 4) is 17.0 Å². The van der Waals surface area contributed by atoms with Gasteiger partial charge in [0.1, 0.15) is 5.75 Å². The normalized spacial score (nSPS) is 10.2. The van der Waals surface area contributed by atoms with Crippen molar-refractivity contribution >= 4 is 34.0 Å². The molecule has 0 saturated heterocycles. The fourth-order valence-electron chi connectivity index (χ4n) is 2.32. The van der Waals surface area contributed by atoms with Gasteiger partial charge in [0.15, 0.2) is 5.13 Å². The van der Waals surface area contributed by atoms with E-state index in [-0.39, 0.29) is 11.8 Å². The van der Waals surface area contributed by atoms with Crippen molar-refractivity contribution in [1.29, 1.82) is 0 Å². The number of hydrogen-bond acceptors (Lipinski definition) is 5. The first kappa shape index (κ1) is 17.6. The van der Waals surface area contributed by atoms with Crippen molar-refractivity contribution in [2.75, 3.05) is 17.7 Å². The second kappa shape index (κ2) is 7.79. The maximum Gasteiger partial charge on any atom is 0.257 e. The van der Waals surface area contributed by atoms with E-state index in [2.05, 4.69) is 15.6 Å². The maximum atomic E-state index is 12.3. The number of nitrogens with one attached hydrogen (secondary N) is 2. The molecule has 6 nitrogen and oxygen atoms in total. The number of aromatic nitrogens is 1. The van der Waals surface area contributed by atoms with Crippen molar-refractivity contribution in [2.45, 2.75) is 6.92 Å². The number of hydrogen-bond donors (Lipinski definition) is 2. The molecule has 2 amide bonds. The first-order valence-corrected chi connectivity index (χ1v) is 8.72. The Kier molecular flexibility index (Phi) is 5.28. The molecule has 1 aromatic heterocycles. The topological polar surface area (TPSA) is 80.3 Å². The summed E-state index contributed by atoms with van der Waals surface area (Å²) in [6, 6.07) is 14.3. The smallest absolute Gasteiger partial charge is 0.257 e. The average molecular weight is 367 g/mol. The molecule has 0 fully saturated rings. The summed E-state index contributed by atoms with van der Waals surface area (Å²) in [7, 11) is 1.56. The first-order valence-electron chi connectivity index (χ1n) is 7.84. The van der Waals surface area contributed by atoms with Crippen molar-refractivity contribution < 1.29 is 14.3 Å². The molecule has 132 valence electrons. The number of carbonyl (C=O) groups excluding carboxylic acids is 2. The van der Waals surface area contributed by atoms with E-state index in [0.717, 1.165) is 16.9 Å². The van der Waals surface area contributed by atoms with Gasteiger partial charge in [-0.3, -0.25) is 14.9 Å². The van der Waals surface area contributed by atoms with E-state index >= 15 is 0 Å². The lowest BCUT2D eigenvalue weighted by molar-refractivity contribution is -0.114. The first-order chi connectivity index (χ1) is 12.5.